The third-order valence-corrected chi connectivity index (χ3v) is 13.4. The first-order chi connectivity index (χ1) is 31.8. The van der Waals surface area contributed by atoms with Crippen molar-refractivity contribution in [1.29, 1.82) is 0 Å². The maximum Gasteiger partial charge on any atom is 0.0714 e. The van der Waals surface area contributed by atoms with E-state index < -0.39 is 5.41 Å². The lowest BCUT2D eigenvalue weighted by molar-refractivity contribution is 0.768. The van der Waals surface area contributed by atoms with Gasteiger partial charge in [-0.3, -0.25) is 0 Å². The summed E-state index contributed by atoms with van der Waals surface area (Å²) in [5.41, 5.74) is 17.7. The summed E-state index contributed by atoms with van der Waals surface area (Å²) in [4.78, 5) is 2.46. The minimum absolute atomic E-state index is 0.504. The molecule has 11 aromatic rings. The molecule has 0 bridgehead atoms. The van der Waals surface area contributed by atoms with Gasteiger partial charge in [-0.25, -0.2) is 0 Å². The molecule has 0 saturated carbocycles. The van der Waals surface area contributed by atoms with Crippen molar-refractivity contribution >= 4 is 38.6 Å². The molecule has 1 aliphatic rings. The molecule has 300 valence electrons. The van der Waals surface area contributed by atoms with E-state index in [4.69, 9.17) is 0 Å². The molecule has 12 rings (SSSR count). The number of benzene rings is 11. The molecule has 0 amide bonds. The molecule has 0 saturated heterocycles. The van der Waals surface area contributed by atoms with Gasteiger partial charge in [0, 0.05) is 16.9 Å². The fourth-order valence-corrected chi connectivity index (χ4v) is 10.5. The summed E-state index contributed by atoms with van der Waals surface area (Å²) < 4.78 is 0. The summed E-state index contributed by atoms with van der Waals surface area (Å²) in [6, 6.07) is 95.8. The van der Waals surface area contributed by atoms with Gasteiger partial charge in [0.1, 0.15) is 0 Å². The van der Waals surface area contributed by atoms with Gasteiger partial charge in [0.2, 0.25) is 0 Å². The molecule has 0 fully saturated rings. The van der Waals surface area contributed by atoms with Gasteiger partial charge >= 0.3 is 0 Å². The van der Waals surface area contributed by atoms with Crippen molar-refractivity contribution < 1.29 is 0 Å². The van der Waals surface area contributed by atoms with E-state index in [1.165, 1.54) is 88.3 Å². The van der Waals surface area contributed by atoms with Crippen LogP contribution in [-0.2, 0) is 5.41 Å². The third kappa shape index (κ3) is 6.08. The van der Waals surface area contributed by atoms with Gasteiger partial charge in [0.25, 0.3) is 0 Å². The summed E-state index contributed by atoms with van der Waals surface area (Å²) in [7, 11) is 0. The number of hydrogen-bond acceptors (Lipinski definition) is 1. The molecule has 0 heterocycles. The lowest BCUT2D eigenvalue weighted by Crippen LogP contribution is -2.28. The number of anilines is 3. The zero-order valence-corrected chi connectivity index (χ0v) is 35.3. The highest BCUT2D eigenvalue weighted by molar-refractivity contribution is 6.00. The minimum atomic E-state index is -0.504. The van der Waals surface area contributed by atoms with E-state index >= 15 is 0 Å². The van der Waals surface area contributed by atoms with Crippen LogP contribution >= 0.6 is 0 Å². The number of nitrogens with zero attached hydrogens (tertiary/aromatic N) is 1. The topological polar surface area (TPSA) is 3.24 Å². The molecule has 1 heteroatoms. The average Bonchev–Trinajstić information content (AvgIpc) is 3.69. The molecule has 0 unspecified atom stereocenters. The molecular weight excluding hydrogens is 771 g/mol. The second kappa shape index (κ2) is 15.6. The molecule has 0 aliphatic heterocycles. The monoisotopic (exact) mass is 813 g/mol. The van der Waals surface area contributed by atoms with Crippen molar-refractivity contribution in [3.63, 3.8) is 0 Å². The van der Waals surface area contributed by atoms with Gasteiger partial charge in [-0.1, -0.05) is 231 Å². The largest absolute Gasteiger partial charge is 0.310 e. The minimum Gasteiger partial charge on any atom is -0.310 e. The Hall–Kier alpha value is -8.26. The van der Waals surface area contributed by atoms with Gasteiger partial charge in [0.05, 0.1) is 11.1 Å². The van der Waals surface area contributed by atoms with Crippen LogP contribution in [0.4, 0.5) is 17.1 Å². The summed E-state index contributed by atoms with van der Waals surface area (Å²) in [5.74, 6) is 0. The summed E-state index contributed by atoms with van der Waals surface area (Å²) in [6.07, 6.45) is 0. The third-order valence-electron chi connectivity index (χ3n) is 13.4. The lowest BCUT2D eigenvalue weighted by Gasteiger charge is -2.34. The van der Waals surface area contributed by atoms with Crippen LogP contribution in [-0.4, -0.2) is 0 Å². The molecule has 0 aromatic heterocycles. The lowest BCUT2D eigenvalue weighted by atomic mass is 9.68. The van der Waals surface area contributed by atoms with E-state index in [1.54, 1.807) is 0 Å². The molecular formula is C63H43N. The van der Waals surface area contributed by atoms with Crippen molar-refractivity contribution in [1.82, 2.24) is 0 Å². The van der Waals surface area contributed by atoms with Crippen molar-refractivity contribution in [2.45, 2.75) is 5.41 Å². The van der Waals surface area contributed by atoms with E-state index in [-0.39, 0.29) is 0 Å². The van der Waals surface area contributed by atoms with E-state index in [2.05, 4.69) is 266 Å². The highest BCUT2D eigenvalue weighted by atomic mass is 15.1. The van der Waals surface area contributed by atoms with Crippen molar-refractivity contribution in [3.05, 3.63) is 283 Å². The van der Waals surface area contributed by atoms with Crippen LogP contribution in [0.3, 0.4) is 0 Å². The second-order valence-corrected chi connectivity index (χ2v) is 16.8. The molecule has 1 aliphatic carbocycles. The molecule has 0 N–H and O–H groups in total. The van der Waals surface area contributed by atoms with Crippen LogP contribution in [0.1, 0.15) is 22.3 Å². The first-order valence-corrected chi connectivity index (χ1v) is 22.2. The van der Waals surface area contributed by atoms with Crippen LogP contribution in [0.2, 0.25) is 0 Å². The number of hydrogen-bond donors (Lipinski definition) is 0. The Bertz CT molecular complexity index is 3410. The predicted molar refractivity (Wildman–Crippen MR) is 270 cm³/mol. The quantitative estimate of drug-likeness (QED) is 0.148. The Kier molecular flexibility index (Phi) is 9.13. The van der Waals surface area contributed by atoms with E-state index in [9.17, 15) is 0 Å². The van der Waals surface area contributed by atoms with Gasteiger partial charge in [-0.2, -0.15) is 0 Å². The molecule has 64 heavy (non-hydrogen) atoms. The predicted octanol–water partition coefficient (Wildman–Crippen LogP) is 16.8. The fourth-order valence-electron chi connectivity index (χ4n) is 10.5. The van der Waals surface area contributed by atoms with Crippen molar-refractivity contribution in [2.75, 3.05) is 4.90 Å². The Morgan fingerprint density at radius 1 is 0.266 bits per heavy atom. The zero-order chi connectivity index (χ0) is 42.5. The SMILES string of the molecule is c1ccc(C2(c3ccccc3)c3ccccc3-c3c(N(c4ccc(-c5ccc(-c6cccc7ccccc67)cc5)cc4)c4ccc(-c5cccc6ccccc56)cc4)cccc32)cc1. The van der Waals surface area contributed by atoms with E-state index in [1.807, 2.05) is 0 Å². The highest BCUT2D eigenvalue weighted by Crippen LogP contribution is 2.59. The molecule has 1 nitrogen and oxygen atoms in total. The smallest absolute Gasteiger partial charge is 0.0714 e. The molecule has 11 aromatic carbocycles. The number of rotatable bonds is 8. The van der Waals surface area contributed by atoms with E-state index in [0.29, 0.717) is 0 Å². The van der Waals surface area contributed by atoms with Crippen LogP contribution in [0.25, 0.3) is 66.1 Å². The van der Waals surface area contributed by atoms with Gasteiger partial charge < -0.3 is 4.90 Å². The molecule has 0 spiro atoms. The van der Waals surface area contributed by atoms with Crippen LogP contribution < -0.4 is 4.90 Å². The maximum atomic E-state index is 2.46. The normalized spacial score (nSPS) is 12.5. The Morgan fingerprint density at radius 3 is 1.22 bits per heavy atom. The molecule has 0 radical (unpaired) electrons. The van der Waals surface area contributed by atoms with Crippen molar-refractivity contribution in [2.24, 2.45) is 0 Å². The van der Waals surface area contributed by atoms with Crippen LogP contribution in [0.15, 0.2) is 261 Å². The number of fused-ring (bicyclic) bond motifs is 5. The Labute approximate surface area is 374 Å². The molecule has 0 atom stereocenters. The second-order valence-electron chi connectivity index (χ2n) is 16.8. The summed E-state index contributed by atoms with van der Waals surface area (Å²) in [6.45, 7) is 0. The van der Waals surface area contributed by atoms with Crippen LogP contribution in [0.5, 0.6) is 0 Å². The summed E-state index contributed by atoms with van der Waals surface area (Å²) >= 11 is 0. The van der Waals surface area contributed by atoms with Gasteiger partial charge in [-0.15, -0.1) is 0 Å². The zero-order valence-electron chi connectivity index (χ0n) is 35.3. The average molecular weight is 814 g/mol. The van der Waals surface area contributed by atoms with E-state index in [0.717, 1.165) is 17.1 Å². The first kappa shape index (κ1) is 37.5. The maximum absolute atomic E-state index is 2.46. The van der Waals surface area contributed by atoms with Crippen LogP contribution in [0, 0.1) is 0 Å². The van der Waals surface area contributed by atoms with Gasteiger partial charge in [-0.05, 0) is 113 Å². The van der Waals surface area contributed by atoms with Crippen molar-refractivity contribution in [3.8, 4) is 44.5 Å². The Morgan fingerprint density at radius 2 is 0.656 bits per heavy atom. The Balaban J connectivity index is 1.01. The highest BCUT2D eigenvalue weighted by Gasteiger charge is 2.47. The first-order valence-electron chi connectivity index (χ1n) is 22.2. The van der Waals surface area contributed by atoms with Gasteiger partial charge in [0.15, 0.2) is 0 Å². The fraction of sp³-hybridized carbons (Fsp3) is 0.0159. The standard InChI is InChI=1S/C63H43N/c1-3-20-50(21-4-1)63(51-22-5-2-6-23-51)59-29-12-11-26-58(59)62-60(63)30-15-31-61(62)64(53-42-38-49(39-43-53)57-28-14-19-47-17-8-10-25-55(47)57)52-40-36-45(37-41-52)44-32-34-48(35-33-44)56-27-13-18-46-16-7-9-24-54(46)56/h1-43H. The summed E-state index contributed by atoms with van der Waals surface area (Å²) in [5, 5.41) is 5.02.